The van der Waals surface area contributed by atoms with Crippen LogP contribution in [0.3, 0.4) is 0 Å². The van der Waals surface area contributed by atoms with Crippen molar-refractivity contribution in [2.75, 3.05) is 6.16 Å². The number of hydrogen-bond acceptors (Lipinski definition) is 1. The Morgan fingerprint density at radius 3 is 2.47 bits per heavy atom. The molecular weight excluding hydrogens is 339 g/mol. The first-order valence-corrected chi connectivity index (χ1v) is 8.61. The Hall–Kier alpha value is 0.410. The van der Waals surface area contributed by atoms with Crippen LogP contribution in [-0.2, 0) is 4.57 Å². The van der Waals surface area contributed by atoms with E-state index in [1.165, 1.54) is 0 Å². The first kappa shape index (κ1) is 11.9. The van der Waals surface area contributed by atoms with E-state index in [-0.39, 0.29) is 8.89 Å². The van der Waals surface area contributed by atoms with Crippen LogP contribution in [0.25, 0.3) is 0 Å². The minimum Gasteiger partial charge on any atom is -0.317 e. The Morgan fingerprint density at radius 2 is 2.00 bits per heavy atom. The Labute approximate surface area is 107 Å². The Kier molecular flexibility index (Phi) is 3.18. The van der Waals surface area contributed by atoms with Crippen molar-refractivity contribution in [3.8, 4) is 0 Å². The van der Waals surface area contributed by atoms with Crippen LogP contribution < -0.4 is 5.30 Å². The summed E-state index contributed by atoms with van der Waals surface area (Å²) in [7, 11) is -2.27. The smallest absolute Gasteiger partial charge is 0.130 e. The van der Waals surface area contributed by atoms with Crippen molar-refractivity contribution in [3.05, 3.63) is 30.3 Å². The van der Waals surface area contributed by atoms with Gasteiger partial charge < -0.3 is 4.57 Å². The Balaban J connectivity index is 2.42. The van der Waals surface area contributed by atoms with Gasteiger partial charge in [0.05, 0.1) is 4.57 Å². The van der Waals surface area contributed by atoms with Crippen molar-refractivity contribution >= 4 is 44.3 Å². The minimum absolute atomic E-state index is 0.0416. The maximum atomic E-state index is 12.9. The number of rotatable bonds is 1. The number of benzene rings is 1. The van der Waals surface area contributed by atoms with E-state index in [9.17, 15) is 4.57 Å². The van der Waals surface area contributed by atoms with Crippen molar-refractivity contribution in [1.82, 2.24) is 0 Å². The number of hydrogen-bond donors (Lipinski definition) is 0. The summed E-state index contributed by atoms with van der Waals surface area (Å²) < 4.78 is 12.9. The van der Waals surface area contributed by atoms with Crippen molar-refractivity contribution < 1.29 is 4.57 Å². The third-order valence-electron chi connectivity index (χ3n) is 2.99. The predicted octanol–water partition coefficient (Wildman–Crippen LogP) is 3.95. The molecule has 2 rings (SSSR count). The maximum Gasteiger partial charge on any atom is 0.130 e. The molecule has 0 spiro atoms. The second-order valence-electron chi connectivity index (χ2n) is 4.22. The molecular formula is C11H13Br2OP. The first-order valence-electron chi connectivity index (χ1n) is 4.94. The topological polar surface area (TPSA) is 17.1 Å². The van der Waals surface area contributed by atoms with Crippen LogP contribution in [0.5, 0.6) is 0 Å². The van der Waals surface area contributed by atoms with Crippen molar-refractivity contribution in [2.45, 2.75) is 22.2 Å². The summed E-state index contributed by atoms with van der Waals surface area (Å²) in [4.78, 5) is 0. The molecule has 1 aliphatic heterocycles. The molecule has 0 radical (unpaired) electrons. The highest BCUT2D eigenvalue weighted by Crippen LogP contribution is 2.65. The maximum absolute atomic E-state index is 12.9. The van der Waals surface area contributed by atoms with E-state index >= 15 is 0 Å². The summed E-state index contributed by atoms with van der Waals surface area (Å²) in [5, 5.41) is 0.995. The summed E-state index contributed by atoms with van der Waals surface area (Å²) in [6.45, 7) is 2.11. The molecule has 1 saturated heterocycles. The van der Waals surface area contributed by atoms with E-state index in [0.29, 0.717) is 0 Å². The SMILES string of the molecule is CC1(Br)CCP(=O)(c2ccccc2)C1Br. The molecule has 1 nitrogen and oxygen atoms in total. The van der Waals surface area contributed by atoms with E-state index in [0.717, 1.165) is 17.9 Å². The lowest BCUT2D eigenvalue weighted by Gasteiger charge is -2.23. The van der Waals surface area contributed by atoms with Gasteiger partial charge in [-0.1, -0.05) is 62.2 Å². The van der Waals surface area contributed by atoms with Crippen LogP contribution in [-0.4, -0.2) is 15.1 Å². The average Bonchev–Trinajstić information content (AvgIpc) is 2.45. The van der Waals surface area contributed by atoms with E-state index in [2.05, 4.69) is 38.8 Å². The third kappa shape index (κ3) is 1.99. The molecule has 82 valence electrons. The van der Waals surface area contributed by atoms with Gasteiger partial charge in [-0.05, 0) is 13.3 Å². The summed E-state index contributed by atoms with van der Waals surface area (Å²) >= 11 is 7.27. The molecule has 3 atom stereocenters. The highest BCUT2D eigenvalue weighted by atomic mass is 79.9. The molecule has 0 aliphatic carbocycles. The molecule has 1 heterocycles. The molecule has 1 aliphatic rings. The summed E-state index contributed by atoms with van der Waals surface area (Å²) in [5.41, 5.74) is 0. The van der Waals surface area contributed by atoms with Gasteiger partial charge in [-0.25, -0.2) is 0 Å². The molecule has 0 amide bonds. The van der Waals surface area contributed by atoms with Gasteiger partial charge in [0.1, 0.15) is 7.14 Å². The highest BCUT2D eigenvalue weighted by molar-refractivity contribution is 9.13. The number of halogens is 2. The zero-order valence-corrected chi connectivity index (χ0v) is 12.6. The predicted molar refractivity (Wildman–Crippen MR) is 73.2 cm³/mol. The fraction of sp³-hybridized carbons (Fsp3) is 0.455. The molecule has 1 fully saturated rings. The van der Waals surface area contributed by atoms with E-state index in [1.807, 2.05) is 30.3 Å². The normalized spacial score (nSPS) is 40.6. The lowest BCUT2D eigenvalue weighted by molar-refractivity contribution is 0.583. The molecule has 0 bridgehead atoms. The molecule has 3 unspecified atom stereocenters. The van der Waals surface area contributed by atoms with Gasteiger partial charge in [-0.15, -0.1) is 0 Å². The summed E-state index contributed by atoms with van der Waals surface area (Å²) in [5.74, 6) is 0. The van der Waals surface area contributed by atoms with Crippen LogP contribution in [0.2, 0.25) is 0 Å². The van der Waals surface area contributed by atoms with Crippen LogP contribution in [0, 0.1) is 0 Å². The van der Waals surface area contributed by atoms with Crippen molar-refractivity contribution in [2.24, 2.45) is 0 Å². The third-order valence-corrected chi connectivity index (χ3v) is 11.2. The van der Waals surface area contributed by atoms with Crippen LogP contribution in [0.4, 0.5) is 0 Å². The first-order chi connectivity index (χ1) is 6.97. The van der Waals surface area contributed by atoms with Crippen LogP contribution in [0.1, 0.15) is 13.3 Å². The van der Waals surface area contributed by atoms with Gasteiger partial charge in [0.15, 0.2) is 0 Å². The van der Waals surface area contributed by atoms with Gasteiger partial charge in [0, 0.05) is 15.8 Å². The quantitative estimate of drug-likeness (QED) is 0.553. The molecule has 0 N–H and O–H groups in total. The van der Waals surface area contributed by atoms with Crippen molar-refractivity contribution in [1.29, 1.82) is 0 Å². The Morgan fingerprint density at radius 1 is 1.40 bits per heavy atom. The Bertz CT molecular complexity index is 402. The fourth-order valence-corrected chi connectivity index (χ4v) is 8.26. The van der Waals surface area contributed by atoms with Gasteiger partial charge in [0.25, 0.3) is 0 Å². The fourth-order valence-electron chi connectivity index (χ4n) is 1.99. The molecule has 4 heteroatoms. The van der Waals surface area contributed by atoms with Crippen LogP contribution >= 0.6 is 39.0 Å². The second-order valence-corrected chi connectivity index (χ2v) is 10.7. The lowest BCUT2D eigenvalue weighted by atomic mass is 10.2. The molecule has 0 saturated carbocycles. The number of alkyl halides is 2. The van der Waals surface area contributed by atoms with E-state index in [1.54, 1.807) is 0 Å². The van der Waals surface area contributed by atoms with E-state index < -0.39 is 7.14 Å². The molecule has 15 heavy (non-hydrogen) atoms. The van der Waals surface area contributed by atoms with Gasteiger partial charge >= 0.3 is 0 Å². The minimum atomic E-state index is -2.27. The van der Waals surface area contributed by atoms with Crippen molar-refractivity contribution in [3.63, 3.8) is 0 Å². The van der Waals surface area contributed by atoms with E-state index in [4.69, 9.17) is 0 Å². The van der Waals surface area contributed by atoms with Gasteiger partial charge in [-0.2, -0.15) is 0 Å². The standard InChI is InChI=1S/C11H13Br2OP/c1-11(13)7-8-15(14,10(11)12)9-5-3-2-4-6-9/h2-6,10H,7-8H2,1H3. The lowest BCUT2D eigenvalue weighted by Crippen LogP contribution is -2.23. The summed E-state index contributed by atoms with van der Waals surface area (Å²) in [6.07, 6.45) is 1.74. The summed E-state index contributed by atoms with van der Waals surface area (Å²) in [6, 6.07) is 9.83. The zero-order valence-electron chi connectivity index (χ0n) is 8.49. The van der Waals surface area contributed by atoms with Gasteiger partial charge in [0.2, 0.25) is 0 Å². The average molecular weight is 352 g/mol. The molecule has 1 aromatic carbocycles. The molecule has 0 aromatic heterocycles. The second kappa shape index (κ2) is 4.01. The monoisotopic (exact) mass is 350 g/mol. The zero-order chi connectivity index (χ0) is 11.1. The molecule has 1 aromatic rings. The largest absolute Gasteiger partial charge is 0.317 e. The van der Waals surface area contributed by atoms with Gasteiger partial charge in [-0.3, -0.25) is 0 Å². The van der Waals surface area contributed by atoms with Crippen LogP contribution in [0.15, 0.2) is 30.3 Å². The highest BCUT2D eigenvalue weighted by Gasteiger charge is 2.50.